The van der Waals surface area contributed by atoms with Gasteiger partial charge in [0, 0.05) is 22.3 Å². The van der Waals surface area contributed by atoms with Crippen molar-refractivity contribution in [3.8, 4) is 23.0 Å². The Balaban J connectivity index is 1.27. The average molecular weight is 867 g/mol. The van der Waals surface area contributed by atoms with E-state index in [2.05, 4.69) is 10.6 Å². The van der Waals surface area contributed by atoms with Gasteiger partial charge in [0.15, 0.2) is 0 Å². The molecule has 0 fully saturated rings. The van der Waals surface area contributed by atoms with Crippen LogP contribution in [0.2, 0.25) is 0 Å². The van der Waals surface area contributed by atoms with Crippen molar-refractivity contribution in [1.29, 1.82) is 0 Å². The lowest BCUT2D eigenvalue weighted by atomic mass is 9.75. The highest BCUT2D eigenvalue weighted by Crippen LogP contribution is 2.50. The number of nitrogens with one attached hydrogen (secondary N) is 2. The van der Waals surface area contributed by atoms with Gasteiger partial charge in [0.2, 0.25) is 11.8 Å². The van der Waals surface area contributed by atoms with Gasteiger partial charge in [-0.15, -0.1) is 0 Å². The van der Waals surface area contributed by atoms with Crippen LogP contribution in [-0.4, -0.2) is 50.5 Å². The van der Waals surface area contributed by atoms with Crippen molar-refractivity contribution in [3.63, 3.8) is 0 Å². The minimum Gasteiger partial charge on any atom is -0.496 e. The number of carbonyl (C=O) groups is 2. The van der Waals surface area contributed by atoms with Crippen molar-refractivity contribution in [2.24, 2.45) is 0 Å². The molecule has 10 heteroatoms. The molecule has 0 aliphatic heterocycles. The number of methoxy groups -OCH3 is 4. The highest BCUT2D eigenvalue weighted by atomic mass is 16.5. The van der Waals surface area contributed by atoms with Gasteiger partial charge >= 0.3 is 0 Å². The van der Waals surface area contributed by atoms with Crippen LogP contribution in [-0.2, 0) is 20.8 Å². The number of ether oxygens (including phenoxy) is 4. The minimum atomic E-state index is -2.05. The van der Waals surface area contributed by atoms with Gasteiger partial charge < -0.3 is 39.8 Å². The van der Waals surface area contributed by atoms with E-state index >= 15 is 0 Å². The molecule has 0 bridgehead atoms. The summed E-state index contributed by atoms with van der Waals surface area (Å²) in [5.41, 5.74) is -1.54. The van der Waals surface area contributed by atoms with E-state index in [9.17, 15) is 19.8 Å². The molecule has 10 nitrogen and oxygen atoms in total. The van der Waals surface area contributed by atoms with Crippen LogP contribution < -0.4 is 29.6 Å². The summed E-state index contributed by atoms with van der Waals surface area (Å²) in [5, 5.41) is 36.8. The lowest BCUT2D eigenvalue weighted by Crippen LogP contribution is -2.48. The predicted molar refractivity (Wildman–Crippen MR) is 252 cm³/mol. The molecule has 328 valence electrons. The zero-order valence-electron chi connectivity index (χ0n) is 36.5. The van der Waals surface area contributed by atoms with E-state index in [1.165, 1.54) is 28.4 Å². The van der Waals surface area contributed by atoms with Crippen LogP contribution in [0.3, 0.4) is 0 Å². The van der Waals surface area contributed by atoms with Crippen molar-refractivity contribution in [3.05, 3.63) is 215 Å². The van der Waals surface area contributed by atoms with E-state index in [-0.39, 0.29) is 0 Å². The largest absolute Gasteiger partial charge is 0.496 e. The van der Waals surface area contributed by atoms with Crippen LogP contribution >= 0.6 is 0 Å². The molecule has 0 spiro atoms. The van der Waals surface area contributed by atoms with Crippen LogP contribution in [0.25, 0.3) is 21.5 Å². The zero-order valence-corrected chi connectivity index (χ0v) is 36.5. The normalized spacial score (nSPS) is 12.5. The number of para-hydroxylation sites is 4. The standard InChI is InChI=1S/C55H50N2O8/c1-62-46-31-13-9-27-42(46)54(60,43-28-10-14-32-47(43)63-2)52(40-25-17-21-36-19-5-7-23-38(36)40)56-50(58)35-51(59)57-53(41-26-18-22-37-20-6-8-24-39(37)41)55(61,44-29-11-15-33-48(44)64-3)45-30-12-16-34-49(45)65-4/h5-34,52-53,60-61H,35H2,1-4H3,(H,56,58)(H,57,59). The van der Waals surface area contributed by atoms with Gasteiger partial charge in [-0.1, -0.05) is 158 Å². The predicted octanol–water partition coefficient (Wildman–Crippen LogP) is 9.30. The maximum Gasteiger partial charge on any atom is 0.230 e. The monoisotopic (exact) mass is 866 g/mol. The Labute approximate surface area is 378 Å². The van der Waals surface area contributed by atoms with Crippen LogP contribution in [0, 0.1) is 0 Å². The van der Waals surface area contributed by atoms with Crippen molar-refractivity contribution in [1.82, 2.24) is 10.6 Å². The van der Waals surface area contributed by atoms with E-state index in [1.54, 1.807) is 97.1 Å². The smallest absolute Gasteiger partial charge is 0.230 e. The van der Waals surface area contributed by atoms with Crippen molar-refractivity contribution in [2.45, 2.75) is 29.7 Å². The van der Waals surface area contributed by atoms with Gasteiger partial charge in [-0.25, -0.2) is 0 Å². The number of fused-ring (bicyclic) bond motifs is 2. The van der Waals surface area contributed by atoms with Crippen LogP contribution in [0.15, 0.2) is 182 Å². The first-order valence-corrected chi connectivity index (χ1v) is 21.2. The minimum absolute atomic E-state index is 0.351. The number of hydrogen-bond acceptors (Lipinski definition) is 8. The highest BCUT2D eigenvalue weighted by molar-refractivity contribution is 5.98. The molecule has 0 aliphatic carbocycles. The van der Waals surface area contributed by atoms with Gasteiger partial charge in [0.05, 0.1) is 40.5 Å². The van der Waals surface area contributed by atoms with Crippen LogP contribution in [0.1, 0.15) is 51.9 Å². The topological polar surface area (TPSA) is 136 Å². The Bertz CT molecular complexity index is 2680. The summed E-state index contributed by atoms with van der Waals surface area (Å²) < 4.78 is 23.5. The van der Waals surface area contributed by atoms with Gasteiger partial charge in [0.1, 0.15) is 40.6 Å². The third kappa shape index (κ3) is 8.21. The molecule has 0 saturated carbocycles. The van der Waals surface area contributed by atoms with E-state index < -0.39 is 41.5 Å². The van der Waals surface area contributed by atoms with E-state index in [0.717, 1.165) is 21.5 Å². The Morgan fingerprint density at radius 1 is 0.415 bits per heavy atom. The number of aliphatic hydroxyl groups is 2. The summed E-state index contributed by atoms with van der Waals surface area (Å²) in [4.78, 5) is 29.7. The Hall–Kier alpha value is -7.66. The van der Waals surface area contributed by atoms with Crippen molar-refractivity contribution < 1.29 is 38.7 Å². The second kappa shape index (κ2) is 19.0. The molecule has 2 unspecified atom stereocenters. The van der Waals surface area contributed by atoms with Crippen LogP contribution in [0.4, 0.5) is 0 Å². The summed E-state index contributed by atoms with van der Waals surface area (Å²) in [6, 6.07) is 52.5. The third-order valence-corrected chi connectivity index (χ3v) is 12.1. The van der Waals surface area contributed by atoms with E-state index in [1.807, 2.05) is 84.9 Å². The van der Waals surface area contributed by atoms with Crippen LogP contribution in [0.5, 0.6) is 23.0 Å². The lowest BCUT2D eigenvalue weighted by molar-refractivity contribution is -0.132. The van der Waals surface area contributed by atoms with Gasteiger partial charge in [0.25, 0.3) is 0 Å². The Morgan fingerprint density at radius 3 is 1.02 bits per heavy atom. The molecule has 8 rings (SSSR count). The highest BCUT2D eigenvalue weighted by Gasteiger charge is 2.48. The molecule has 0 radical (unpaired) electrons. The molecule has 2 amide bonds. The number of amides is 2. The summed E-state index contributed by atoms with van der Waals surface area (Å²) in [7, 11) is 6.06. The molecule has 0 aromatic heterocycles. The fourth-order valence-corrected chi connectivity index (χ4v) is 9.14. The van der Waals surface area contributed by atoms with E-state index in [4.69, 9.17) is 18.9 Å². The lowest BCUT2D eigenvalue weighted by Gasteiger charge is -2.40. The first kappa shape index (κ1) is 44.0. The molecule has 0 aliphatic rings. The summed E-state index contributed by atoms with van der Waals surface area (Å²) in [5.74, 6) is 0.0361. The Morgan fingerprint density at radius 2 is 0.692 bits per heavy atom. The molecule has 4 N–H and O–H groups in total. The van der Waals surface area contributed by atoms with Crippen molar-refractivity contribution >= 4 is 33.4 Å². The second-order valence-electron chi connectivity index (χ2n) is 15.6. The SMILES string of the molecule is COc1ccccc1C(O)(c1ccccc1OC)C(NC(=O)CC(=O)NC(c1cccc2ccccc12)C(O)(c1ccccc1OC)c1ccccc1OC)c1cccc2ccccc12. The maximum absolute atomic E-state index is 14.9. The molecule has 0 saturated heterocycles. The molecule has 8 aromatic carbocycles. The summed E-state index contributed by atoms with van der Waals surface area (Å²) in [6.07, 6.45) is -0.704. The quantitative estimate of drug-likeness (QED) is 0.0707. The molecular formula is C55H50N2O8. The zero-order chi connectivity index (χ0) is 45.6. The van der Waals surface area contributed by atoms with Gasteiger partial charge in [-0.2, -0.15) is 0 Å². The maximum atomic E-state index is 14.9. The molecular weight excluding hydrogens is 817 g/mol. The fourth-order valence-electron chi connectivity index (χ4n) is 9.14. The first-order chi connectivity index (χ1) is 31.7. The van der Waals surface area contributed by atoms with E-state index in [0.29, 0.717) is 56.4 Å². The molecule has 8 aromatic rings. The number of benzene rings is 8. The number of hydrogen-bond donors (Lipinski definition) is 4. The molecule has 2 atom stereocenters. The molecule has 65 heavy (non-hydrogen) atoms. The van der Waals surface area contributed by atoms with Gasteiger partial charge in [-0.05, 0) is 56.9 Å². The summed E-state index contributed by atoms with van der Waals surface area (Å²) >= 11 is 0. The van der Waals surface area contributed by atoms with Crippen molar-refractivity contribution in [2.75, 3.05) is 28.4 Å². The third-order valence-electron chi connectivity index (χ3n) is 12.1. The number of rotatable bonds is 16. The fraction of sp³-hybridized carbons (Fsp3) is 0.164. The Kier molecular flexibility index (Phi) is 12.8. The average Bonchev–Trinajstić information content (AvgIpc) is 3.36. The second-order valence-corrected chi connectivity index (χ2v) is 15.6. The van der Waals surface area contributed by atoms with Gasteiger partial charge in [-0.3, -0.25) is 9.59 Å². The molecule has 0 heterocycles. The summed E-state index contributed by atoms with van der Waals surface area (Å²) in [6.45, 7) is 0. The first-order valence-electron chi connectivity index (χ1n) is 21.2. The number of carbonyl (C=O) groups excluding carboxylic acids is 2.